The Morgan fingerprint density at radius 3 is 2.70 bits per heavy atom. The quantitative estimate of drug-likeness (QED) is 0.855. The molecule has 0 amide bonds. The molecule has 2 heterocycles. The number of aromatic nitrogens is 2. The monoisotopic (exact) mass is 280 g/mol. The summed E-state index contributed by atoms with van der Waals surface area (Å²) in [5, 5.41) is 3.09. The Kier molecular flexibility index (Phi) is 5.55. The van der Waals surface area contributed by atoms with Crippen molar-refractivity contribution in [2.75, 3.05) is 44.1 Å². The van der Waals surface area contributed by atoms with E-state index in [1.807, 2.05) is 20.0 Å². The first-order valence-electron chi connectivity index (χ1n) is 7.18. The molecule has 1 aliphatic rings. The fourth-order valence-corrected chi connectivity index (χ4v) is 2.35. The largest absolute Gasteiger partial charge is 0.381 e. The van der Waals surface area contributed by atoms with Crippen LogP contribution in [0.3, 0.4) is 0 Å². The van der Waals surface area contributed by atoms with Gasteiger partial charge in [0.1, 0.15) is 18.2 Å². The number of methoxy groups -OCH3 is 1. The number of rotatable bonds is 6. The minimum absolute atomic E-state index is 0.375. The number of hydrogen-bond donors (Lipinski definition) is 1. The average molecular weight is 280 g/mol. The summed E-state index contributed by atoms with van der Waals surface area (Å²) in [6.45, 7) is 5.02. The second kappa shape index (κ2) is 7.40. The molecule has 0 atom stereocenters. The van der Waals surface area contributed by atoms with Gasteiger partial charge in [0.25, 0.3) is 0 Å². The average Bonchev–Trinajstić information content (AvgIpc) is 2.52. The summed E-state index contributed by atoms with van der Waals surface area (Å²) in [5.74, 6) is 2.52. The Balaban J connectivity index is 2.10. The normalized spacial score (nSPS) is 16.4. The highest BCUT2D eigenvalue weighted by atomic mass is 16.5. The van der Waals surface area contributed by atoms with Crippen LogP contribution in [0.5, 0.6) is 0 Å². The first kappa shape index (κ1) is 15.0. The lowest BCUT2D eigenvalue weighted by atomic mass is 10.1. The maximum atomic E-state index is 5.41. The first-order chi connectivity index (χ1) is 9.76. The van der Waals surface area contributed by atoms with Crippen molar-refractivity contribution in [2.24, 2.45) is 0 Å². The van der Waals surface area contributed by atoms with Crippen molar-refractivity contribution < 1.29 is 9.47 Å². The van der Waals surface area contributed by atoms with Gasteiger partial charge in [0.2, 0.25) is 0 Å². The summed E-state index contributed by atoms with van der Waals surface area (Å²) in [7, 11) is 3.65. The van der Waals surface area contributed by atoms with Gasteiger partial charge < -0.3 is 19.7 Å². The second-order valence-electron chi connectivity index (χ2n) is 4.84. The van der Waals surface area contributed by atoms with Gasteiger partial charge in [0.15, 0.2) is 5.82 Å². The molecule has 0 aromatic carbocycles. The van der Waals surface area contributed by atoms with E-state index in [0.717, 1.165) is 43.4 Å². The van der Waals surface area contributed by atoms with Gasteiger partial charge in [0.05, 0.1) is 6.10 Å². The molecule has 0 spiro atoms. The van der Waals surface area contributed by atoms with E-state index < -0.39 is 0 Å². The number of nitrogens with zero attached hydrogens (tertiary/aromatic N) is 3. The van der Waals surface area contributed by atoms with Gasteiger partial charge in [-0.2, -0.15) is 0 Å². The Morgan fingerprint density at radius 2 is 2.10 bits per heavy atom. The van der Waals surface area contributed by atoms with E-state index in [1.54, 1.807) is 7.11 Å². The van der Waals surface area contributed by atoms with Crippen molar-refractivity contribution in [1.82, 2.24) is 9.97 Å². The molecule has 1 N–H and O–H groups in total. The van der Waals surface area contributed by atoms with Crippen LogP contribution >= 0.6 is 0 Å². The number of nitrogens with one attached hydrogen (secondary N) is 1. The third-order valence-corrected chi connectivity index (χ3v) is 3.55. The van der Waals surface area contributed by atoms with Crippen LogP contribution in [-0.4, -0.2) is 49.9 Å². The van der Waals surface area contributed by atoms with E-state index >= 15 is 0 Å². The van der Waals surface area contributed by atoms with Crippen LogP contribution in [0.25, 0.3) is 0 Å². The summed E-state index contributed by atoms with van der Waals surface area (Å²) in [6.07, 6.45) is 2.45. The Labute approximate surface area is 120 Å². The standard InChI is InChI=1S/C14H24N4O2/c1-4-20-10-13-16-12(15-2)9-14(17-13)18-7-5-11(19-3)6-8-18/h9,11H,4-8,10H2,1-3H3,(H,15,16,17). The number of hydrogen-bond acceptors (Lipinski definition) is 6. The fraction of sp³-hybridized carbons (Fsp3) is 0.714. The maximum absolute atomic E-state index is 5.41. The van der Waals surface area contributed by atoms with Gasteiger partial charge in [-0.25, -0.2) is 9.97 Å². The molecule has 20 heavy (non-hydrogen) atoms. The predicted octanol–water partition coefficient (Wildman–Crippen LogP) is 1.67. The lowest BCUT2D eigenvalue weighted by Crippen LogP contribution is -2.37. The smallest absolute Gasteiger partial charge is 0.158 e. The van der Waals surface area contributed by atoms with Gasteiger partial charge in [0, 0.05) is 39.9 Å². The summed E-state index contributed by atoms with van der Waals surface area (Å²) >= 11 is 0. The van der Waals surface area contributed by atoms with Gasteiger partial charge in [-0.1, -0.05) is 0 Å². The van der Waals surface area contributed by atoms with Crippen LogP contribution in [0.2, 0.25) is 0 Å². The van der Waals surface area contributed by atoms with Gasteiger partial charge >= 0.3 is 0 Å². The van der Waals surface area contributed by atoms with Crippen molar-refractivity contribution in [3.8, 4) is 0 Å². The topological polar surface area (TPSA) is 59.5 Å². The van der Waals surface area contributed by atoms with Gasteiger partial charge in [-0.15, -0.1) is 0 Å². The molecule has 0 radical (unpaired) electrons. The van der Waals surface area contributed by atoms with E-state index in [0.29, 0.717) is 19.3 Å². The SMILES string of the molecule is CCOCc1nc(NC)cc(N2CCC(OC)CC2)n1. The molecule has 112 valence electrons. The number of anilines is 2. The zero-order valence-corrected chi connectivity index (χ0v) is 12.6. The predicted molar refractivity (Wildman–Crippen MR) is 79.2 cm³/mol. The van der Waals surface area contributed by atoms with E-state index in [-0.39, 0.29) is 0 Å². The van der Waals surface area contributed by atoms with Gasteiger partial charge in [-0.3, -0.25) is 0 Å². The number of piperidine rings is 1. The Bertz CT molecular complexity index is 420. The molecule has 1 saturated heterocycles. The lowest BCUT2D eigenvalue weighted by Gasteiger charge is -2.32. The van der Waals surface area contributed by atoms with Crippen molar-refractivity contribution in [1.29, 1.82) is 0 Å². The number of ether oxygens (including phenoxy) is 2. The molecule has 1 aliphatic heterocycles. The van der Waals surface area contributed by atoms with Crippen LogP contribution in [-0.2, 0) is 16.1 Å². The van der Waals surface area contributed by atoms with Crippen LogP contribution in [0, 0.1) is 0 Å². The van der Waals surface area contributed by atoms with Crippen LogP contribution in [0.4, 0.5) is 11.6 Å². The van der Waals surface area contributed by atoms with E-state index in [2.05, 4.69) is 20.2 Å². The third-order valence-electron chi connectivity index (χ3n) is 3.55. The van der Waals surface area contributed by atoms with Crippen molar-refractivity contribution in [3.05, 3.63) is 11.9 Å². The summed E-state index contributed by atoms with van der Waals surface area (Å²) < 4.78 is 10.8. The van der Waals surface area contributed by atoms with E-state index in [4.69, 9.17) is 9.47 Å². The molecule has 0 bridgehead atoms. The second-order valence-corrected chi connectivity index (χ2v) is 4.84. The molecule has 0 aliphatic carbocycles. The maximum Gasteiger partial charge on any atom is 0.158 e. The van der Waals surface area contributed by atoms with Crippen LogP contribution < -0.4 is 10.2 Å². The van der Waals surface area contributed by atoms with Crippen molar-refractivity contribution >= 4 is 11.6 Å². The molecule has 1 aromatic rings. The molecule has 1 aromatic heterocycles. The molecule has 0 saturated carbocycles. The summed E-state index contributed by atoms with van der Waals surface area (Å²) in [4.78, 5) is 11.3. The van der Waals surface area contributed by atoms with E-state index in [1.165, 1.54) is 0 Å². The molecule has 2 rings (SSSR count). The van der Waals surface area contributed by atoms with Crippen LogP contribution in [0.1, 0.15) is 25.6 Å². The molecule has 1 fully saturated rings. The van der Waals surface area contributed by atoms with Crippen LogP contribution in [0.15, 0.2) is 6.07 Å². The lowest BCUT2D eigenvalue weighted by molar-refractivity contribution is 0.0817. The molecular formula is C14H24N4O2. The third kappa shape index (κ3) is 3.80. The summed E-state index contributed by atoms with van der Waals surface area (Å²) in [5.41, 5.74) is 0. The molecule has 6 heteroatoms. The highest BCUT2D eigenvalue weighted by Crippen LogP contribution is 2.21. The highest BCUT2D eigenvalue weighted by Gasteiger charge is 2.20. The van der Waals surface area contributed by atoms with E-state index in [9.17, 15) is 0 Å². The zero-order chi connectivity index (χ0) is 14.4. The summed E-state index contributed by atoms with van der Waals surface area (Å²) in [6, 6.07) is 1.99. The zero-order valence-electron chi connectivity index (χ0n) is 12.6. The first-order valence-corrected chi connectivity index (χ1v) is 7.18. The van der Waals surface area contributed by atoms with Crippen molar-refractivity contribution in [3.63, 3.8) is 0 Å². The van der Waals surface area contributed by atoms with Gasteiger partial charge in [-0.05, 0) is 19.8 Å². The Hall–Kier alpha value is -1.40. The minimum atomic E-state index is 0.375. The fourth-order valence-electron chi connectivity index (χ4n) is 2.35. The highest BCUT2D eigenvalue weighted by molar-refractivity contribution is 5.49. The molecular weight excluding hydrogens is 256 g/mol. The Morgan fingerprint density at radius 1 is 1.35 bits per heavy atom. The van der Waals surface area contributed by atoms with Crippen molar-refractivity contribution in [2.45, 2.75) is 32.5 Å². The minimum Gasteiger partial charge on any atom is -0.381 e. The molecule has 6 nitrogen and oxygen atoms in total. The molecule has 0 unspecified atom stereocenters.